The molecule has 0 saturated carbocycles. The van der Waals surface area contributed by atoms with E-state index < -0.39 is 0 Å². The van der Waals surface area contributed by atoms with Crippen LogP contribution in [0.15, 0.2) is 70.5 Å². The normalized spacial score (nSPS) is 14.0. The molecule has 156 valence electrons. The third-order valence-electron chi connectivity index (χ3n) is 5.54. The van der Waals surface area contributed by atoms with Crippen LogP contribution in [0.3, 0.4) is 0 Å². The molecule has 1 aliphatic rings. The largest absolute Gasteiger partial charge is 0.272 e. The summed E-state index contributed by atoms with van der Waals surface area (Å²) in [5, 5.41) is 0.624. The van der Waals surface area contributed by atoms with Crippen LogP contribution in [0.25, 0.3) is 5.57 Å². The summed E-state index contributed by atoms with van der Waals surface area (Å²) in [6, 6.07) is 18.9. The van der Waals surface area contributed by atoms with Crippen molar-refractivity contribution in [2.45, 2.75) is 32.6 Å². The predicted molar refractivity (Wildman–Crippen MR) is 129 cm³/mol. The van der Waals surface area contributed by atoms with Crippen molar-refractivity contribution in [3.8, 4) is 0 Å². The summed E-state index contributed by atoms with van der Waals surface area (Å²) in [4.78, 5) is 29.9. The molecule has 3 nitrogen and oxygen atoms in total. The summed E-state index contributed by atoms with van der Waals surface area (Å²) >= 11 is 7.33. The lowest BCUT2D eigenvalue weighted by Crippen LogP contribution is -2.32. The van der Waals surface area contributed by atoms with Crippen molar-refractivity contribution in [2.75, 3.05) is 4.90 Å². The monoisotopic (exact) mass is 447 g/mol. The zero-order valence-corrected chi connectivity index (χ0v) is 19.4. The van der Waals surface area contributed by atoms with Gasteiger partial charge in [0.1, 0.15) is 0 Å². The fourth-order valence-corrected chi connectivity index (χ4v) is 4.86. The van der Waals surface area contributed by atoms with Crippen LogP contribution in [0.2, 0.25) is 5.02 Å². The third kappa shape index (κ3) is 3.93. The molecule has 0 unspecified atom stereocenters. The van der Waals surface area contributed by atoms with E-state index in [-0.39, 0.29) is 11.8 Å². The molecule has 1 aliphatic heterocycles. The fraction of sp³-hybridized carbons (Fsp3) is 0.154. The summed E-state index contributed by atoms with van der Waals surface area (Å²) < 4.78 is 0. The number of anilines is 1. The molecule has 0 spiro atoms. The quantitative estimate of drug-likeness (QED) is 0.420. The molecule has 31 heavy (non-hydrogen) atoms. The zero-order chi connectivity index (χ0) is 22.3. The lowest BCUT2D eigenvalue weighted by atomic mass is 9.98. The second kappa shape index (κ2) is 8.37. The second-order valence-electron chi connectivity index (χ2n) is 7.74. The SMILES string of the molecule is Cc1ccc(C2=C(Sc3ccc(Cl)cc3)C(=O)N(c3cccc(C)c3C)C2=O)c(C)c1. The van der Waals surface area contributed by atoms with E-state index >= 15 is 0 Å². The standard InChI is InChI=1S/C26H22ClNO2S/c1-15-8-13-21(17(3)14-15)23-24(31-20-11-9-19(27)10-12-20)26(30)28(25(23)29)22-7-5-6-16(2)18(22)4/h5-14H,1-4H3. The number of carbonyl (C=O) groups is 2. The van der Waals surface area contributed by atoms with Crippen molar-refractivity contribution in [2.24, 2.45) is 0 Å². The number of thioether (sulfide) groups is 1. The maximum atomic E-state index is 13.7. The number of hydrogen-bond acceptors (Lipinski definition) is 3. The Morgan fingerprint density at radius 1 is 0.806 bits per heavy atom. The van der Waals surface area contributed by atoms with Gasteiger partial charge in [0.05, 0.1) is 16.2 Å². The van der Waals surface area contributed by atoms with Gasteiger partial charge >= 0.3 is 0 Å². The van der Waals surface area contributed by atoms with Gasteiger partial charge in [-0.2, -0.15) is 0 Å². The van der Waals surface area contributed by atoms with E-state index in [1.165, 1.54) is 16.7 Å². The molecule has 1 heterocycles. The van der Waals surface area contributed by atoms with Crippen molar-refractivity contribution in [3.63, 3.8) is 0 Å². The molecular formula is C26H22ClNO2S. The van der Waals surface area contributed by atoms with E-state index in [4.69, 9.17) is 11.6 Å². The molecule has 0 saturated heterocycles. The first-order chi connectivity index (χ1) is 14.8. The van der Waals surface area contributed by atoms with E-state index in [0.29, 0.717) is 21.2 Å². The van der Waals surface area contributed by atoms with Crippen molar-refractivity contribution < 1.29 is 9.59 Å². The summed E-state index contributed by atoms with van der Waals surface area (Å²) in [6.07, 6.45) is 0. The van der Waals surface area contributed by atoms with Crippen molar-refractivity contribution in [1.29, 1.82) is 0 Å². The lowest BCUT2D eigenvalue weighted by molar-refractivity contribution is -0.119. The Bertz CT molecular complexity index is 1240. The Kier molecular flexibility index (Phi) is 5.78. The Morgan fingerprint density at radius 2 is 1.52 bits per heavy atom. The molecule has 0 radical (unpaired) electrons. The molecule has 0 fully saturated rings. The molecule has 0 atom stereocenters. The molecule has 0 bridgehead atoms. The number of rotatable bonds is 4. The van der Waals surface area contributed by atoms with Crippen LogP contribution in [-0.2, 0) is 9.59 Å². The van der Waals surface area contributed by atoms with Crippen molar-refractivity contribution >= 4 is 46.4 Å². The highest BCUT2D eigenvalue weighted by Crippen LogP contribution is 2.43. The van der Waals surface area contributed by atoms with Crippen LogP contribution in [0.4, 0.5) is 5.69 Å². The number of benzene rings is 3. The van der Waals surface area contributed by atoms with Gasteiger partial charge in [-0.05, 0) is 80.3 Å². The Hall–Kier alpha value is -2.82. The first kappa shape index (κ1) is 21.4. The van der Waals surface area contributed by atoms with Crippen LogP contribution in [0.1, 0.15) is 27.8 Å². The maximum absolute atomic E-state index is 13.7. The van der Waals surface area contributed by atoms with E-state index in [9.17, 15) is 9.59 Å². The van der Waals surface area contributed by atoms with Crippen molar-refractivity contribution in [1.82, 2.24) is 0 Å². The van der Waals surface area contributed by atoms with Crippen LogP contribution in [0, 0.1) is 27.7 Å². The number of hydrogen-bond donors (Lipinski definition) is 0. The number of imide groups is 1. The van der Waals surface area contributed by atoms with Gasteiger partial charge in [0.2, 0.25) is 0 Å². The second-order valence-corrected chi connectivity index (χ2v) is 9.26. The highest BCUT2D eigenvalue weighted by Gasteiger charge is 2.41. The van der Waals surface area contributed by atoms with Crippen LogP contribution >= 0.6 is 23.4 Å². The first-order valence-electron chi connectivity index (χ1n) is 9.98. The van der Waals surface area contributed by atoms with E-state index in [2.05, 4.69) is 0 Å². The van der Waals surface area contributed by atoms with Gasteiger partial charge in [0.15, 0.2) is 0 Å². The minimum Gasteiger partial charge on any atom is -0.268 e. The van der Waals surface area contributed by atoms with Gasteiger partial charge < -0.3 is 0 Å². The van der Waals surface area contributed by atoms with Crippen LogP contribution < -0.4 is 4.90 Å². The van der Waals surface area contributed by atoms with Gasteiger partial charge in [0, 0.05) is 9.92 Å². The van der Waals surface area contributed by atoms with Crippen molar-refractivity contribution in [3.05, 3.63) is 98.4 Å². The highest BCUT2D eigenvalue weighted by molar-refractivity contribution is 8.04. The predicted octanol–water partition coefficient (Wildman–Crippen LogP) is 6.65. The van der Waals surface area contributed by atoms with Gasteiger partial charge in [-0.1, -0.05) is 59.3 Å². The lowest BCUT2D eigenvalue weighted by Gasteiger charge is -2.19. The smallest absolute Gasteiger partial charge is 0.268 e. The topological polar surface area (TPSA) is 37.4 Å². The fourth-order valence-electron chi connectivity index (χ4n) is 3.75. The molecular weight excluding hydrogens is 426 g/mol. The molecule has 0 aliphatic carbocycles. The van der Waals surface area contributed by atoms with E-state index in [1.54, 1.807) is 12.1 Å². The molecule has 3 aromatic carbocycles. The summed E-state index contributed by atoms with van der Waals surface area (Å²) in [5.41, 5.74) is 5.89. The number of carbonyl (C=O) groups excluding carboxylic acids is 2. The highest BCUT2D eigenvalue weighted by atomic mass is 35.5. The molecule has 5 heteroatoms. The molecule has 4 rings (SSSR count). The Labute approximate surface area is 191 Å². The number of nitrogens with zero attached hydrogens (tertiary/aromatic N) is 1. The third-order valence-corrected chi connectivity index (χ3v) is 6.89. The number of aryl methyl sites for hydroxylation is 3. The minimum absolute atomic E-state index is 0.290. The molecule has 3 aromatic rings. The molecule has 0 aromatic heterocycles. The van der Waals surface area contributed by atoms with E-state index in [0.717, 1.165) is 32.7 Å². The number of amides is 2. The Balaban J connectivity index is 1.88. The van der Waals surface area contributed by atoms with Gasteiger partial charge in [0.25, 0.3) is 11.8 Å². The van der Waals surface area contributed by atoms with Gasteiger partial charge in [-0.25, -0.2) is 4.90 Å². The summed E-state index contributed by atoms with van der Waals surface area (Å²) in [7, 11) is 0. The first-order valence-corrected chi connectivity index (χ1v) is 11.2. The molecule has 0 N–H and O–H groups in total. The maximum Gasteiger partial charge on any atom is 0.272 e. The summed E-state index contributed by atoms with van der Waals surface area (Å²) in [5.74, 6) is -0.587. The average Bonchev–Trinajstić information content (AvgIpc) is 2.96. The van der Waals surface area contributed by atoms with Gasteiger partial charge in [-0.3, -0.25) is 9.59 Å². The van der Waals surface area contributed by atoms with E-state index in [1.807, 2.05) is 76.2 Å². The number of halogens is 1. The summed E-state index contributed by atoms with van der Waals surface area (Å²) in [6.45, 7) is 7.90. The van der Waals surface area contributed by atoms with Gasteiger partial charge in [-0.15, -0.1) is 0 Å². The Morgan fingerprint density at radius 3 is 2.19 bits per heavy atom. The average molecular weight is 448 g/mol. The molecule has 2 amide bonds. The minimum atomic E-state index is -0.298. The van der Waals surface area contributed by atoms with Crippen LogP contribution in [-0.4, -0.2) is 11.8 Å². The zero-order valence-electron chi connectivity index (χ0n) is 17.8. The van der Waals surface area contributed by atoms with Crippen LogP contribution in [0.5, 0.6) is 0 Å².